The van der Waals surface area contributed by atoms with Crippen molar-refractivity contribution in [2.45, 2.75) is 238 Å². The molecule has 0 aromatic heterocycles. The van der Waals surface area contributed by atoms with Crippen LogP contribution in [0.25, 0.3) is 0 Å². The second kappa shape index (κ2) is 40.4. The molecule has 3 atom stereocenters. The fourth-order valence-electron chi connectivity index (χ4n) is 7.06. The molecule has 3 N–H and O–H groups in total. The van der Waals surface area contributed by atoms with Gasteiger partial charge in [0.05, 0.1) is 39.9 Å². The molecule has 0 bridgehead atoms. The van der Waals surface area contributed by atoms with Gasteiger partial charge in [-0.1, -0.05) is 212 Å². The maximum Gasteiger partial charge on any atom is 0.472 e. The van der Waals surface area contributed by atoms with E-state index in [2.05, 4.69) is 31.3 Å². The molecule has 0 aliphatic rings. The number of carbonyl (C=O) groups excluding carboxylic acids is 1. The summed E-state index contributed by atoms with van der Waals surface area (Å²) >= 11 is 0. The van der Waals surface area contributed by atoms with E-state index in [4.69, 9.17) is 9.05 Å². The highest BCUT2D eigenvalue weighted by atomic mass is 31.2. The first-order valence-electron chi connectivity index (χ1n) is 24.2. The van der Waals surface area contributed by atoms with Crippen molar-refractivity contribution in [2.75, 3.05) is 40.9 Å². The third-order valence-corrected chi connectivity index (χ3v) is 11.9. The number of carbonyl (C=O) groups is 1. The van der Waals surface area contributed by atoms with Crippen molar-refractivity contribution in [1.82, 2.24) is 5.32 Å². The van der Waals surface area contributed by atoms with E-state index in [1.165, 1.54) is 161 Å². The predicted octanol–water partition coefficient (Wildman–Crippen LogP) is 13.7. The molecule has 57 heavy (non-hydrogen) atoms. The number of allylic oxidation sites excluding steroid dienone is 3. The summed E-state index contributed by atoms with van der Waals surface area (Å²) in [6, 6.07) is -0.855. The van der Waals surface area contributed by atoms with Gasteiger partial charge in [0.1, 0.15) is 13.2 Å². The number of hydrogen-bond donors (Lipinski definition) is 3. The number of hydrogen-bond acceptors (Lipinski definition) is 5. The van der Waals surface area contributed by atoms with E-state index in [0.29, 0.717) is 17.4 Å². The quantitative estimate of drug-likeness (QED) is 0.0244. The standard InChI is InChI=1S/C48H95N2O6P/c1-6-8-10-12-13-14-15-16-17-18-19-20-21-22-23-24-25-26-27-28-29-30-31-32-33-34-35-36-37-38-39-41-47(51)46(49-48(52)42-40-11-9-7-2)45-56-57(53,54)55-44-43-50(3,4)5/h35-36,39,41,46-47,51H,6-34,37-38,40,42-45H2,1-5H3,(H-,49,52,53,54)/p+1/b36-35+,41-39+. The molecule has 0 spiro atoms. The van der Waals surface area contributed by atoms with Crippen LogP contribution in [0.2, 0.25) is 0 Å². The number of nitrogens with zero attached hydrogens (tertiary/aromatic N) is 1. The fourth-order valence-corrected chi connectivity index (χ4v) is 7.79. The summed E-state index contributed by atoms with van der Waals surface area (Å²) in [5.41, 5.74) is 0. The van der Waals surface area contributed by atoms with Crippen molar-refractivity contribution < 1.29 is 32.9 Å². The molecule has 338 valence electrons. The Morgan fingerprint density at radius 2 is 0.965 bits per heavy atom. The lowest BCUT2D eigenvalue weighted by Crippen LogP contribution is -2.45. The third kappa shape index (κ3) is 42.9. The molecule has 0 aromatic rings. The van der Waals surface area contributed by atoms with Gasteiger partial charge in [0.15, 0.2) is 0 Å². The molecular formula is C48H96N2O6P+. The largest absolute Gasteiger partial charge is 0.472 e. The second-order valence-corrected chi connectivity index (χ2v) is 19.3. The van der Waals surface area contributed by atoms with Crippen molar-refractivity contribution in [3.05, 3.63) is 24.3 Å². The maximum absolute atomic E-state index is 12.6. The molecule has 0 saturated carbocycles. The monoisotopic (exact) mass is 828 g/mol. The topological polar surface area (TPSA) is 105 Å². The van der Waals surface area contributed by atoms with E-state index in [9.17, 15) is 19.4 Å². The van der Waals surface area contributed by atoms with Gasteiger partial charge in [-0.3, -0.25) is 13.8 Å². The summed E-state index contributed by atoms with van der Waals surface area (Å²) in [4.78, 5) is 22.7. The lowest BCUT2D eigenvalue weighted by Gasteiger charge is -2.25. The minimum atomic E-state index is -4.33. The van der Waals surface area contributed by atoms with Crippen LogP contribution in [-0.4, -0.2) is 73.4 Å². The minimum Gasteiger partial charge on any atom is -0.387 e. The SMILES string of the molecule is CCCCCCCCCCCCCCCCCCCCCCCCCCC/C=C/CC/C=C/C(O)C(COP(=O)(O)OCC[N+](C)(C)C)NC(=O)CCCCCC. The Morgan fingerprint density at radius 3 is 1.40 bits per heavy atom. The Hall–Kier alpha value is -1.02. The molecular weight excluding hydrogens is 732 g/mol. The number of aliphatic hydroxyl groups is 1. The smallest absolute Gasteiger partial charge is 0.387 e. The van der Waals surface area contributed by atoms with E-state index in [-0.39, 0.29) is 19.1 Å². The molecule has 0 aliphatic heterocycles. The van der Waals surface area contributed by atoms with Crippen molar-refractivity contribution >= 4 is 13.7 Å². The van der Waals surface area contributed by atoms with Crippen LogP contribution in [0.15, 0.2) is 24.3 Å². The normalized spacial score (nSPS) is 14.4. The van der Waals surface area contributed by atoms with Gasteiger partial charge in [0.2, 0.25) is 5.91 Å². The van der Waals surface area contributed by atoms with Gasteiger partial charge in [-0.2, -0.15) is 0 Å². The maximum atomic E-state index is 12.6. The van der Waals surface area contributed by atoms with Crippen LogP contribution >= 0.6 is 7.82 Å². The number of phosphoric ester groups is 1. The molecule has 0 rings (SSSR count). The number of nitrogens with one attached hydrogen (secondary N) is 1. The van der Waals surface area contributed by atoms with Gasteiger partial charge in [-0.05, 0) is 32.1 Å². The predicted molar refractivity (Wildman–Crippen MR) is 245 cm³/mol. The molecule has 0 aromatic carbocycles. The highest BCUT2D eigenvalue weighted by Gasteiger charge is 2.27. The number of amides is 1. The Kier molecular flexibility index (Phi) is 39.7. The van der Waals surface area contributed by atoms with Crippen LogP contribution in [-0.2, 0) is 18.4 Å². The molecule has 8 nitrogen and oxygen atoms in total. The summed E-state index contributed by atoms with van der Waals surface area (Å²) < 4.78 is 23.3. The van der Waals surface area contributed by atoms with Crippen LogP contribution in [0, 0.1) is 0 Å². The van der Waals surface area contributed by atoms with Gasteiger partial charge in [0, 0.05) is 6.42 Å². The lowest BCUT2D eigenvalue weighted by atomic mass is 10.0. The Balaban J connectivity index is 3.90. The zero-order chi connectivity index (χ0) is 42.1. The average Bonchev–Trinajstić information content (AvgIpc) is 3.16. The first kappa shape index (κ1) is 56.0. The molecule has 9 heteroatoms. The van der Waals surface area contributed by atoms with Crippen molar-refractivity contribution in [2.24, 2.45) is 0 Å². The molecule has 0 fully saturated rings. The summed E-state index contributed by atoms with van der Waals surface area (Å²) in [7, 11) is 1.56. The Morgan fingerprint density at radius 1 is 0.579 bits per heavy atom. The number of phosphoric acid groups is 1. The fraction of sp³-hybridized carbons (Fsp3) is 0.896. The molecule has 0 saturated heterocycles. The molecule has 0 aliphatic carbocycles. The molecule has 0 radical (unpaired) electrons. The van der Waals surface area contributed by atoms with Crippen molar-refractivity contribution in [3.63, 3.8) is 0 Å². The van der Waals surface area contributed by atoms with Crippen molar-refractivity contribution in [1.29, 1.82) is 0 Å². The van der Waals surface area contributed by atoms with E-state index in [1.54, 1.807) is 6.08 Å². The zero-order valence-electron chi connectivity index (χ0n) is 38.3. The summed E-state index contributed by atoms with van der Waals surface area (Å²) in [5, 5.41) is 13.6. The van der Waals surface area contributed by atoms with Gasteiger partial charge in [-0.25, -0.2) is 4.57 Å². The molecule has 0 heterocycles. The van der Waals surface area contributed by atoms with Crippen LogP contribution in [0.1, 0.15) is 226 Å². The number of likely N-dealkylation sites (N-methyl/N-ethyl adjacent to an activating group) is 1. The highest BCUT2D eigenvalue weighted by Crippen LogP contribution is 2.43. The average molecular weight is 828 g/mol. The van der Waals surface area contributed by atoms with Gasteiger partial charge >= 0.3 is 7.82 Å². The van der Waals surface area contributed by atoms with E-state index in [0.717, 1.165) is 44.9 Å². The van der Waals surface area contributed by atoms with Crippen LogP contribution in [0.4, 0.5) is 0 Å². The number of quaternary nitrogens is 1. The van der Waals surface area contributed by atoms with Crippen LogP contribution in [0.3, 0.4) is 0 Å². The van der Waals surface area contributed by atoms with Gasteiger partial charge in [-0.15, -0.1) is 0 Å². The van der Waals surface area contributed by atoms with Gasteiger partial charge < -0.3 is 19.8 Å². The second-order valence-electron chi connectivity index (χ2n) is 17.8. The first-order chi connectivity index (χ1) is 27.5. The molecule has 3 unspecified atom stereocenters. The van der Waals surface area contributed by atoms with E-state index < -0.39 is 20.0 Å². The molecule has 1 amide bonds. The summed E-state index contributed by atoms with van der Waals surface area (Å²) in [6.45, 7) is 4.67. The van der Waals surface area contributed by atoms with Crippen molar-refractivity contribution in [3.8, 4) is 0 Å². The van der Waals surface area contributed by atoms with E-state index in [1.807, 2.05) is 27.2 Å². The van der Waals surface area contributed by atoms with Crippen LogP contribution < -0.4 is 5.32 Å². The highest BCUT2D eigenvalue weighted by molar-refractivity contribution is 7.47. The number of rotatable bonds is 44. The minimum absolute atomic E-state index is 0.0569. The Bertz CT molecular complexity index is 984. The summed E-state index contributed by atoms with van der Waals surface area (Å²) in [5.74, 6) is -0.204. The first-order valence-corrected chi connectivity index (χ1v) is 25.7. The van der Waals surface area contributed by atoms with Crippen LogP contribution in [0.5, 0.6) is 0 Å². The number of aliphatic hydroxyl groups excluding tert-OH is 1. The van der Waals surface area contributed by atoms with E-state index >= 15 is 0 Å². The lowest BCUT2D eigenvalue weighted by molar-refractivity contribution is -0.870. The van der Waals surface area contributed by atoms with Gasteiger partial charge in [0.25, 0.3) is 0 Å². The zero-order valence-corrected chi connectivity index (χ0v) is 39.2. The summed E-state index contributed by atoms with van der Waals surface area (Å²) in [6.07, 6.45) is 49.3. The Labute approximate surface area is 354 Å². The third-order valence-electron chi connectivity index (χ3n) is 10.9. The number of unbranched alkanes of at least 4 members (excludes halogenated alkanes) is 29.